The van der Waals surface area contributed by atoms with Crippen molar-refractivity contribution in [1.29, 1.82) is 0 Å². The fraction of sp³-hybridized carbons (Fsp3) is 0.389. The molecule has 0 saturated heterocycles. The van der Waals surface area contributed by atoms with Gasteiger partial charge in [-0.2, -0.15) is 0 Å². The van der Waals surface area contributed by atoms with Crippen LogP contribution in [0.5, 0.6) is 11.5 Å². The molecule has 10 heteroatoms. The lowest BCUT2D eigenvalue weighted by Crippen LogP contribution is -2.28. The van der Waals surface area contributed by atoms with Crippen LogP contribution in [0.1, 0.15) is 28.0 Å². The third kappa shape index (κ3) is 6.99. The van der Waals surface area contributed by atoms with E-state index < -0.39 is 0 Å². The lowest BCUT2D eigenvalue weighted by atomic mass is 10.2. The van der Waals surface area contributed by atoms with Crippen LogP contribution < -0.4 is 25.8 Å². The number of benzene rings is 1. The van der Waals surface area contributed by atoms with Gasteiger partial charge in [-0.1, -0.05) is 6.07 Å². The molecular weight excluding hydrogens is 404 g/mol. The average molecular weight is 429 g/mol. The molecule has 4 N–H and O–H groups in total. The summed E-state index contributed by atoms with van der Waals surface area (Å²) in [5.41, 5.74) is 6.72. The number of aromatic nitrogens is 1. The van der Waals surface area contributed by atoms with E-state index in [1.165, 1.54) is 18.4 Å². The molecule has 0 spiro atoms. The van der Waals surface area contributed by atoms with E-state index in [4.69, 9.17) is 15.2 Å². The summed E-state index contributed by atoms with van der Waals surface area (Å²) in [4.78, 5) is 28.0. The molecule has 0 fully saturated rings. The lowest BCUT2D eigenvalue weighted by Gasteiger charge is -2.12. The highest BCUT2D eigenvalue weighted by molar-refractivity contribution is 7.09. The summed E-state index contributed by atoms with van der Waals surface area (Å²) in [5, 5.41) is 8.05. The maximum Gasteiger partial charge on any atom is 0.271 e. The monoisotopic (exact) mass is 428 g/mol. The van der Waals surface area contributed by atoms with E-state index in [9.17, 15) is 9.59 Å². The first-order chi connectivity index (χ1) is 13.1. The van der Waals surface area contributed by atoms with Crippen molar-refractivity contribution in [3.63, 3.8) is 0 Å². The van der Waals surface area contributed by atoms with Crippen molar-refractivity contribution in [2.45, 2.75) is 19.9 Å². The van der Waals surface area contributed by atoms with E-state index in [0.717, 1.165) is 10.6 Å². The van der Waals surface area contributed by atoms with Crippen molar-refractivity contribution < 1.29 is 19.1 Å². The Morgan fingerprint density at radius 2 is 2.04 bits per heavy atom. The number of thiazole rings is 1. The summed E-state index contributed by atoms with van der Waals surface area (Å²) in [6, 6.07) is 5.27. The normalized spacial score (nSPS) is 9.96. The number of halogens is 1. The summed E-state index contributed by atoms with van der Waals surface area (Å²) >= 11 is 1.42. The van der Waals surface area contributed by atoms with Crippen LogP contribution in [0.25, 0.3) is 0 Å². The summed E-state index contributed by atoms with van der Waals surface area (Å²) in [6.07, 6.45) is 0.660. The van der Waals surface area contributed by atoms with Gasteiger partial charge in [-0.25, -0.2) is 4.98 Å². The van der Waals surface area contributed by atoms with E-state index in [0.29, 0.717) is 43.2 Å². The van der Waals surface area contributed by atoms with Crippen LogP contribution in [-0.4, -0.2) is 43.6 Å². The molecule has 2 amide bonds. The number of ether oxygens (including phenoxy) is 2. The largest absolute Gasteiger partial charge is 0.493 e. The van der Waals surface area contributed by atoms with Crippen molar-refractivity contribution >= 4 is 35.6 Å². The molecule has 0 atom stereocenters. The quantitative estimate of drug-likeness (QED) is 0.528. The topological polar surface area (TPSA) is 116 Å². The maximum atomic E-state index is 12.2. The first kappa shape index (κ1) is 23.7. The van der Waals surface area contributed by atoms with Gasteiger partial charge >= 0.3 is 0 Å². The number of nitrogens with zero attached hydrogens (tertiary/aromatic N) is 1. The standard InChI is InChI=1S/C18H24N4O4S.ClH/c1-3-20-16(23)10-26-14-5-4-12(8-15(14)25-2)9-21-18(24)13-11-27-17(22-13)6-7-19;/h4-5,8,11H,3,6-7,9-10,19H2,1-2H3,(H,20,23)(H,21,24);1H. The van der Waals surface area contributed by atoms with Gasteiger partial charge < -0.3 is 25.8 Å². The number of carbonyl (C=O) groups excluding carboxylic acids is 2. The third-order valence-electron chi connectivity index (χ3n) is 3.56. The average Bonchev–Trinajstić information content (AvgIpc) is 3.14. The van der Waals surface area contributed by atoms with Gasteiger partial charge in [-0.05, 0) is 31.2 Å². The molecule has 0 aliphatic heterocycles. The van der Waals surface area contributed by atoms with Gasteiger partial charge in [0, 0.05) is 24.9 Å². The smallest absolute Gasteiger partial charge is 0.271 e. The van der Waals surface area contributed by atoms with Crippen molar-refractivity contribution in [2.24, 2.45) is 5.73 Å². The molecule has 2 aromatic rings. The van der Waals surface area contributed by atoms with Crippen LogP contribution >= 0.6 is 23.7 Å². The number of nitrogens with two attached hydrogens (primary N) is 1. The summed E-state index contributed by atoms with van der Waals surface area (Å²) in [5.74, 6) is 0.507. The minimum absolute atomic E-state index is 0. The van der Waals surface area contributed by atoms with Gasteiger partial charge in [0.2, 0.25) is 0 Å². The van der Waals surface area contributed by atoms with Crippen LogP contribution in [0.3, 0.4) is 0 Å². The first-order valence-corrected chi connectivity index (χ1v) is 9.44. The van der Waals surface area contributed by atoms with Gasteiger partial charge in [0.05, 0.1) is 12.1 Å². The van der Waals surface area contributed by atoms with E-state index in [2.05, 4.69) is 15.6 Å². The molecule has 28 heavy (non-hydrogen) atoms. The third-order valence-corrected chi connectivity index (χ3v) is 4.47. The Morgan fingerprint density at radius 3 is 2.71 bits per heavy atom. The molecule has 0 aliphatic rings. The number of nitrogens with one attached hydrogen (secondary N) is 2. The highest BCUT2D eigenvalue weighted by Gasteiger charge is 2.12. The number of rotatable bonds is 10. The maximum absolute atomic E-state index is 12.2. The van der Waals surface area contributed by atoms with Crippen molar-refractivity contribution in [2.75, 3.05) is 26.8 Å². The SMILES string of the molecule is CCNC(=O)COc1ccc(CNC(=O)c2csc(CCN)n2)cc1OC.Cl. The lowest BCUT2D eigenvalue weighted by molar-refractivity contribution is -0.123. The summed E-state index contributed by atoms with van der Waals surface area (Å²) in [6.45, 7) is 3.12. The highest BCUT2D eigenvalue weighted by Crippen LogP contribution is 2.28. The minimum atomic E-state index is -0.245. The van der Waals surface area contributed by atoms with Gasteiger partial charge in [0.15, 0.2) is 18.1 Å². The van der Waals surface area contributed by atoms with Crippen molar-refractivity contribution in [1.82, 2.24) is 15.6 Å². The summed E-state index contributed by atoms with van der Waals surface area (Å²) < 4.78 is 10.8. The number of hydrogen-bond donors (Lipinski definition) is 3. The van der Waals surface area contributed by atoms with Gasteiger partial charge in [-0.15, -0.1) is 23.7 Å². The minimum Gasteiger partial charge on any atom is -0.493 e. The van der Waals surface area contributed by atoms with Crippen molar-refractivity contribution in [3.8, 4) is 11.5 Å². The number of likely N-dealkylation sites (N-methyl/N-ethyl adjacent to an activating group) is 1. The van der Waals surface area contributed by atoms with Crippen LogP contribution in [-0.2, 0) is 17.8 Å². The van der Waals surface area contributed by atoms with Crippen molar-refractivity contribution in [3.05, 3.63) is 39.8 Å². The molecule has 0 bridgehead atoms. The van der Waals surface area contributed by atoms with Gasteiger partial charge in [0.25, 0.3) is 11.8 Å². The molecule has 0 radical (unpaired) electrons. The molecule has 8 nitrogen and oxygen atoms in total. The van der Waals surface area contributed by atoms with E-state index >= 15 is 0 Å². The fourth-order valence-electron chi connectivity index (χ4n) is 2.26. The first-order valence-electron chi connectivity index (χ1n) is 8.56. The predicted molar refractivity (Wildman–Crippen MR) is 110 cm³/mol. The van der Waals surface area contributed by atoms with Gasteiger partial charge in [-0.3, -0.25) is 9.59 Å². The Bertz CT molecular complexity index is 785. The highest BCUT2D eigenvalue weighted by atomic mass is 35.5. The van der Waals surface area contributed by atoms with Crippen LogP contribution in [0.4, 0.5) is 0 Å². The number of methoxy groups -OCH3 is 1. The second kappa shape index (κ2) is 12.2. The molecule has 1 aromatic heterocycles. The van der Waals surface area contributed by atoms with E-state index in [1.807, 2.05) is 6.92 Å². The Labute approximate surface area is 174 Å². The van der Waals surface area contributed by atoms with E-state index in [1.54, 1.807) is 23.6 Å². The van der Waals surface area contributed by atoms with Crippen LogP contribution in [0, 0.1) is 0 Å². The zero-order valence-corrected chi connectivity index (χ0v) is 17.5. The second-order valence-electron chi connectivity index (χ2n) is 5.58. The Kier molecular flexibility index (Phi) is 10.3. The van der Waals surface area contributed by atoms with Gasteiger partial charge in [0.1, 0.15) is 5.69 Å². The zero-order valence-electron chi connectivity index (χ0n) is 15.8. The number of amides is 2. The van der Waals surface area contributed by atoms with Crippen LogP contribution in [0.2, 0.25) is 0 Å². The molecular formula is C18H25ClN4O4S. The molecule has 1 aromatic carbocycles. The number of hydrogen-bond acceptors (Lipinski definition) is 7. The Balaban J connectivity index is 0.00000392. The van der Waals surface area contributed by atoms with E-state index in [-0.39, 0.29) is 30.8 Å². The molecule has 1 heterocycles. The molecule has 0 unspecified atom stereocenters. The molecule has 2 rings (SSSR count). The fourth-order valence-corrected chi connectivity index (χ4v) is 3.05. The predicted octanol–water partition coefficient (Wildman–Crippen LogP) is 1.52. The zero-order chi connectivity index (χ0) is 19.6. The van der Waals surface area contributed by atoms with Crippen LogP contribution in [0.15, 0.2) is 23.6 Å². The molecule has 0 saturated carbocycles. The number of carbonyl (C=O) groups is 2. The Morgan fingerprint density at radius 1 is 1.25 bits per heavy atom. The molecule has 154 valence electrons. The Hall–Kier alpha value is -2.36. The molecule has 0 aliphatic carbocycles. The second-order valence-corrected chi connectivity index (χ2v) is 6.52. The summed E-state index contributed by atoms with van der Waals surface area (Å²) in [7, 11) is 1.52.